The number of sulfonamides is 1. The molecule has 0 spiro atoms. The number of anilines is 2. The Morgan fingerprint density at radius 3 is 2.45 bits per heavy atom. The van der Waals surface area contributed by atoms with Crippen LogP contribution in [0.5, 0.6) is 0 Å². The first-order valence-electron chi connectivity index (χ1n) is 8.68. The van der Waals surface area contributed by atoms with Gasteiger partial charge in [0.2, 0.25) is 10.0 Å². The number of fused-ring (bicyclic) bond motifs is 1. The summed E-state index contributed by atoms with van der Waals surface area (Å²) in [7, 11) is -3.98. The molecule has 0 radical (unpaired) electrons. The van der Waals surface area contributed by atoms with Crippen molar-refractivity contribution in [1.82, 2.24) is 0 Å². The molecule has 29 heavy (non-hydrogen) atoms. The molecule has 1 aliphatic rings. The van der Waals surface area contributed by atoms with E-state index in [9.17, 15) is 18.0 Å². The number of aryl methyl sites for hydroxylation is 1. The molecule has 9 heteroatoms. The molecule has 1 aromatic heterocycles. The number of hydrogen-bond donors (Lipinski definition) is 2. The Bertz CT molecular complexity index is 1220. The number of primary sulfonamides is 1. The Labute approximate surface area is 167 Å². The van der Waals surface area contributed by atoms with Crippen molar-refractivity contribution in [3.63, 3.8) is 0 Å². The smallest absolute Gasteiger partial charge is 0.295 e. The van der Waals surface area contributed by atoms with Crippen LogP contribution in [0.3, 0.4) is 0 Å². The number of carbonyl (C=O) groups is 2. The van der Waals surface area contributed by atoms with Crippen molar-refractivity contribution >= 4 is 33.2 Å². The summed E-state index contributed by atoms with van der Waals surface area (Å²) in [5.41, 5.74) is 1.11. The number of hydrogen-bond acceptors (Lipinski definition) is 5. The van der Waals surface area contributed by atoms with E-state index in [1.165, 1.54) is 29.2 Å². The molecule has 0 bridgehead atoms. The molecule has 3 aromatic rings. The van der Waals surface area contributed by atoms with Gasteiger partial charge in [-0.2, -0.15) is 0 Å². The van der Waals surface area contributed by atoms with Crippen LogP contribution >= 0.6 is 0 Å². The van der Waals surface area contributed by atoms with E-state index in [1.54, 1.807) is 43.3 Å². The van der Waals surface area contributed by atoms with Gasteiger partial charge >= 0.3 is 0 Å². The summed E-state index contributed by atoms with van der Waals surface area (Å²) in [6.45, 7) is 1.71. The predicted octanol–water partition coefficient (Wildman–Crippen LogP) is 2.58. The molecule has 3 N–H and O–H groups in total. The first kappa shape index (κ1) is 18.9. The van der Waals surface area contributed by atoms with Crippen LogP contribution < -0.4 is 15.4 Å². The Morgan fingerprint density at radius 2 is 1.83 bits per heavy atom. The molecule has 8 nitrogen and oxygen atoms in total. The lowest BCUT2D eigenvalue weighted by molar-refractivity contribution is -0.117. The van der Waals surface area contributed by atoms with E-state index in [1.807, 2.05) is 0 Å². The summed E-state index contributed by atoms with van der Waals surface area (Å²) in [5, 5.41) is 7.87. The SMILES string of the molecule is Cc1ccc(C(=O)N2c3ccc(S(N)(=O)=O)cc3NC(=O)C2c2ccccc2)o1. The van der Waals surface area contributed by atoms with Crippen LogP contribution in [0.15, 0.2) is 70.0 Å². The number of amides is 2. The van der Waals surface area contributed by atoms with E-state index in [0.717, 1.165) is 0 Å². The van der Waals surface area contributed by atoms with Crippen LogP contribution in [0.1, 0.15) is 27.9 Å². The van der Waals surface area contributed by atoms with Gasteiger partial charge in [0.1, 0.15) is 11.8 Å². The Morgan fingerprint density at radius 1 is 1.10 bits per heavy atom. The molecule has 2 amide bonds. The van der Waals surface area contributed by atoms with Crippen LogP contribution in [0, 0.1) is 6.92 Å². The van der Waals surface area contributed by atoms with Gasteiger partial charge in [0.05, 0.1) is 16.3 Å². The number of nitrogens with zero attached hydrogens (tertiary/aromatic N) is 1. The molecular formula is C20H17N3O5S. The minimum atomic E-state index is -3.98. The molecule has 4 rings (SSSR count). The van der Waals surface area contributed by atoms with Crippen molar-refractivity contribution in [2.45, 2.75) is 17.9 Å². The number of benzene rings is 2. The van der Waals surface area contributed by atoms with Crippen LogP contribution in [-0.2, 0) is 14.8 Å². The Hall–Kier alpha value is -3.43. The van der Waals surface area contributed by atoms with Gasteiger partial charge in [0.25, 0.3) is 11.8 Å². The topological polar surface area (TPSA) is 123 Å². The van der Waals surface area contributed by atoms with Crippen LogP contribution in [-0.4, -0.2) is 20.2 Å². The minimum absolute atomic E-state index is 0.0691. The average molecular weight is 411 g/mol. The second-order valence-corrected chi connectivity index (χ2v) is 8.17. The summed E-state index contributed by atoms with van der Waals surface area (Å²) in [6.07, 6.45) is 0. The van der Waals surface area contributed by atoms with Crippen molar-refractivity contribution in [3.05, 3.63) is 77.7 Å². The third kappa shape index (κ3) is 3.41. The van der Waals surface area contributed by atoms with E-state index in [2.05, 4.69) is 5.32 Å². The molecule has 0 fully saturated rings. The van der Waals surface area contributed by atoms with E-state index in [0.29, 0.717) is 17.0 Å². The summed E-state index contributed by atoms with van der Waals surface area (Å²) in [6, 6.07) is 15.0. The van der Waals surface area contributed by atoms with Gasteiger partial charge in [-0.3, -0.25) is 14.5 Å². The molecule has 2 heterocycles. The van der Waals surface area contributed by atoms with Gasteiger partial charge in [-0.25, -0.2) is 13.6 Å². The van der Waals surface area contributed by atoms with E-state index in [-0.39, 0.29) is 16.3 Å². The van der Waals surface area contributed by atoms with Gasteiger partial charge < -0.3 is 9.73 Å². The maximum absolute atomic E-state index is 13.3. The maximum Gasteiger partial charge on any atom is 0.295 e. The van der Waals surface area contributed by atoms with E-state index >= 15 is 0 Å². The normalized spacial score (nSPS) is 16.3. The van der Waals surface area contributed by atoms with Crippen molar-refractivity contribution in [1.29, 1.82) is 0 Å². The zero-order valence-electron chi connectivity index (χ0n) is 15.3. The average Bonchev–Trinajstić information content (AvgIpc) is 3.12. The monoisotopic (exact) mass is 411 g/mol. The molecule has 1 unspecified atom stereocenters. The molecule has 0 saturated carbocycles. The number of furan rings is 1. The fourth-order valence-corrected chi connectivity index (χ4v) is 3.83. The third-order valence-corrected chi connectivity index (χ3v) is 5.52. The zero-order chi connectivity index (χ0) is 20.8. The highest BCUT2D eigenvalue weighted by Gasteiger charge is 2.39. The fraction of sp³-hybridized carbons (Fsp3) is 0.100. The van der Waals surface area contributed by atoms with Gasteiger partial charge in [-0.05, 0) is 42.8 Å². The predicted molar refractivity (Wildman–Crippen MR) is 106 cm³/mol. The third-order valence-electron chi connectivity index (χ3n) is 4.61. The summed E-state index contributed by atoms with van der Waals surface area (Å²) in [5.74, 6) is -0.381. The second-order valence-electron chi connectivity index (χ2n) is 6.61. The largest absolute Gasteiger partial charge is 0.456 e. The van der Waals surface area contributed by atoms with Crippen molar-refractivity contribution in [2.75, 3.05) is 10.2 Å². The van der Waals surface area contributed by atoms with Crippen molar-refractivity contribution < 1.29 is 22.4 Å². The lowest BCUT2D eigenvalue weighted by atomic mass is 9.99. The summed E-state index contributed by atoms with van der Waals surface area (Å²) >= 11 is 0. The molecule has 2 aromatic carbocycles. The quantitative estimate of drug-likeness (QED) is 0.686. The van der Waals surface area contributed by atoms with Crippen LogP contribution in [0.4, 0.5) is 11.4 Å². The number of carbonyl (C=O) groups excluding carboxylic acids is 2. The van der Waals surface area contributed by atoms with E-state index in [4.69, 9.17) is 9.56 Å². The highest BCUT2D eigenvalue weighted by Crippen LogP contribution is 2.40. The number of rotatable bonds is 3. The van der Waals surface area contributed by atoms with Gasteiger partial charge in [-0.1, -0.05) is 30.3 Å². The zero-order valence-corrected chi connectivity index (χ0v) is 16.1. The molecule has 1 atom stereocenters. The summed E-state index contributed by atoms with van der Waals surface area (Å²) < 4.78 is 28.9. The standard InChI is InChI=1S/C20H17N3O5S/c1-12-7-10-17(28-12)20(25)23-16-9-8-14(29(21,26)27)11-15(16)22-19(24)18(23)13-5-3-2-4-6-13/h2-11,18H,1H3,(H,22,24)(H2,21,26,27). The lowest BCUT2D eigenvalue weighted by Gasteiger charge is -2.36. The van der Waals surface area contributed by atoms with Crippen LogP contribution in [0.25, 0.3) is 0 Å². The molecule has 0 aliphatic carbocycles. The Balaban J connectivity index is 1.90. The molecule has 1 aliphatic heterocycles. The summed E-state index contributed by atoms with van der Waals surface area (Å²) in [4.78, 5) is 27.4. The minimum Gasteiger partial charge on any atom is -0.456 e. The first-order chi connectivity index (χ1) is 13.8. The lowest BCUT2D eigenvalue weighted by Crippen LogP contribution is -2.45. The second kappa shape index (κ2) is 6.87. The van der Waals surface area contributed by atoms with Crippen molar-refractivity contribution in [2.24, 2.45) is 5.14 Å². The fourth-order valence-electron chi connectivity index (χ4n) is 3.29. The van der Waals surface area contributed by atoms with Gasteiger partial charge in [0, 0.05) is 0 Å². The molecular weight excluding hydrogens is 394 g/mol. The van der Waals surface area contributed by atoms with Crippen molar-refractivity contribution in [3.8, 4) is 0 Å². The maximum atomic E-state index is 13.3. The molecule has 0 saturated heterocycles. The number of nitrogens with one attached hydrogen (secondary N) is 1. The Kier molecular flexibility index (Phi) is 4.48. The highest BCUT2D eigenvalue weighted by atomic mass is 32.2. The first-order valence-corrected chi connectivity index (χ1v) is 10.2. The van der Waals surface area contributed by atoms with Gasteiger partial charge in [-0.15, -0.1) is 0 Å². The van der Waals surface area contributed by atoms with Gasteiger partial charge in [0.15, 0.2) is 5.76 Å². The molecule has 148 valence electrons. The highest BCUT2D eigenvalue weighted by molar-refractivity contribution is 7.89. The van der Waals surface area contributed by atoms with Crippen LogP contribution in [0.2, 0.25) is 0 Å². The number of nitrogens with two attached hydrogens (primary N) is 1. The van der Waals surface area contributed by atoms with E-state index < -0.39 is 27.9 Å².